The van der Waals surface area contributed by atoms with Crippen LogP contribution >= 0.6 is 11.3 Å². The van der Waals surface area contributed by atoms with Crippen LogP contribution in [-0.4, -0.2) is 17.6 Å². The van der Waals surface area contributed by atoms with Crippen molar-refractivity contribution >= 4 is 29.0 Å². The van der Waals surface area contributed by atoms with Gasteiger partial charge in [-0.1, -0.05) is 84.1 Å². The minimum absolute atomic E-state index is 0.216. The van der Waals surface area contributed by atoms with Gasteiger partial charge in [-0.2, -0.15) is 0 Å². The summed E-state index contributed by atoms with van der Waals surface area (Å²) >= 11 is 1.30. The molecule has 0 spiro atoms. The number of thiazole rings is 1. The van der Waals surface area contributed by atoms with Crippen molar-refractivity contribution in [3.63, 3.8) is 0 Å². The lowest BCUT2D eigenvalue weighted by Crippen LogP contribution is -2.40. The van der Waals surface area contributed by atoms with Gasteiger partial charge in [0.15, 0.2) is 4.80 Å². The third-order valence-electron chi connectivity index (χ3n) is 7.16. The zero-order chi connectivity index (χ0) is 29.8. The van der Waals surface area contributed by atoms with E-state index in [0.717, 1.165) is 22.4 Å². The molecule has 0 saturated heterocycles. The van der Waals surface area contributed by atoms with E-state index in [1.807, 2.05) is 122 Å². The number of anilines is 1. The average Bonchev–Trinajstić information content (AvgIpc) is 3.34. The van der Waals surface area contributed by atoms with Gasteiger partial charge in [0.25, 0.3) is 11.5 Å². The second-order valence-corrected chi connectivity index (χ2v) is 11.0. The minimum atomic E-state index is -0.665. The number of rotatable bonds is 8. The van der Waals surface area contributed by atoms with Gasteiger partial charge in [-0.05, 0) is 66.1 Å². The lowest BCUT2D eigenvalue weighted by atomic mass is 9.95. The van der Waals surface area contributed by atoms with Crippen LogP contribution in [0.3, 0.4) is 0 Å². The molecule has 0 bridgehead atoms. The second kappa shape index (κ2) is 12.3. The predicted molar refractivity (Wildman–Crippen MR) is 169 cm³/mol. The Morgan fingerprint density at radius 2 is 1.56 bits per heavy atom. The average molecular weight is 588 g/mol. The smallest absolute Gasteiger partial charge is 0.271 e. The molecule has 1 aromatic heterocycles. The highest BCUT2D eigenvalue weighted by atomic mass is 32.1. The first-order chi connectivity index (χ1) is 21.0. The first kappa shape index (κ1) is 27.9. The Kier molecular flexibility index (Phi) is 8.02. The Hall–Kier alpha value is -5.21. The third-order valence-corrected chi connectivity index (χ3v) is 8.14. The zero-order valence-corrected chi connectivity index (χ0v) is 24.5. The molecule has 1 N–H and O–H groups in total. The van der Waals surface area contributed by atoms with E-state index in [1.54, 1.807) is 11.7 Å². The number of hydrogen-bond acceptors (Lipinski definition) is 6. The maximum Gasteiger partial charge on any atom is 0.271 e. The molecular formula is C35H29N3O4S. The Morgan fingerprint density at radius 3 is 2.23 bits per heavy atom. The number of carbonyl (C=O) groups is 1. The molecule has 0 aliphatic carbocycles. The molecule has 0 radical (unpaired) electrons. The fraction of sp³-hybridized carbons (Fsp3) is 0.114. The third kappa shape index (κ3) is 6.05. The highest BCUT2D eigenvalue weighted by Gasteiger charge is 2.32. The number of benzene rings is 4. The summed E-state index contributed by atoms with van der Waals surface area (Å²) in [7, 11) is 1.60. The molecule has 1 aliphatic heterocycles. The van der Waals surface area contributed by atoms with Gasteiger partial charge in [0.05, 0.1) is 29.0 Å². The number of fused-ring (bicyclic) bond motifs is 1. The summed E-state index contributed by atoms with van der Waals surface area (Å²) in [6.07, 6.45) is 1.85. The predicted octanol–water partition coefficient (Wildman–Crippen LogP) is 5.46. The highest BCUT2D eigenvalue weighted by molar-refractivity contribution is 7.07. The topological polar surface area (TPSA) is 81.9 Å². The van der Waals surface area contributed by atoms with Gasteiger partial charge in [-0.15, -0.1) is 0 Å². The summed E-state index contributed by atoms with van der Waals surface area (Å²) in [5.41, 5.74) is 4.14. The molecule has 0 saturated carbocycles. The molecule has 5 aromatic rings. The van der Waals surface area contributed by atoms with Gasteiger partial charge in [0.2, 0.25) is 0 Å². The summed E-state index contributed by atoms with van der Waals surface area (Å²) in [5.74, 6) is 1.11. The summed E-state index contributed by atoms with van der Waals surface area (Å²) in [6.45, 7) is 2.28. The molecule has 1 atom stereocenters. The van der Waals surface area contributed by atoms with E-state index in [9.17, 15) is 9.59 Å². The summed E-state index contributed by atoms with van der Waals surface area (Å²) in [6, 6.07) is 33.6. The van der Waals surface area contributed by atoms with Crippen molar-refractivity contribution in [1.29, 1.82) is 0 Å². The van der Waals surface area contributed by atoms with Crippen LogP contribution in [0.2, 0.25) is 0 Å². The summed E-state index contributed by atoms with van der Waals surface area (Å²) in [5, 5.41) is 2.97. The SMILES string of the molecule is COc1ccc([C@@H]2C(C(=O)Nc3ccccc3)=C(C)N=c3s/c(=C/c4ccc(OCc5ccccc5)cc4)c(=O)n32)cc1. The van der Waals surface area contributed by atoms with Gasteiger partial charge in [0, 0.05) is 5.69 Å². The fourth-order valence-electron chi connectivity index (χ4n) is 4.99. The van der Waals surface area contributed by atoms with Crippen molar-refractivity contribution in [2.45, 2.75) is 19.6 Å². The number of amides is 1. The first-order valence-electron chi connectivity index (χ1n) is 13.8. The van der Waals surface area contributed by atoms with Crippen LogP contribution in [0.15, 0.2) is 130 Å². The van der Waals surface area contributed by atoms with E-state index in [4.69, 9.17) is 14.5 Å². The van der Waals surface area contributed by atoms with Crippen LogP contribution in [0.25, 0.3) is 6.08 Å². The maximum atomic E-state index is 14.0. The fourth-order valence-corrected chi connectivity index (χ4v) is 6.03. The van der Waals surface area contributed by atoms with Crippen molar-refractivity contribution in [3.8, 4) is 11.5 Å². The highest BCUT2D eigenvalue weighted by Crippen LogP contribution is 2.31. The standard InChI is InChI=1S/C35H29N3O4S/c1-23-31(33(39)37-27-11-7-4-8-12-27)32(26-15-19-28(41-2)20-16-26)38-34(40)30(43-35(38)36-23)21-24-13-17-29(18-14-24)42-22-25-9-5-3-6-10-25/h3-21,32H,22H2,1-2H3,(H,37,39)/b30-21+/t32-/m1/s1. The molecule has 1 aliphatic rings. The molecule has 8 heteroatoms. The van der Waals surface area contributed by atoms with Crippen molar-refractivity contribution in [2.75, 3.05) is 12.4 Å². The Balaban J connectivity index is 1.36. The van der Waals surface area contributed by atoms with Gasteiger partial charge < -0.3 is 14.8 Å². The number of ether oxygens (including phenoxy) is 2. The Morgan fingerprint density at radius 1 is 0.907 bits per heavy atom. The van der Waals surface area contributed by atoms with Crippen LogP contribution < -0.4 is 29.7 Å². The molecule has 7 nitrogen and oxygen atoms in total. The summed E-state index contributed by atoms with van der Waals surface area (Å²) < 4.78 is 13.4. The molecular weight excluding hydrogens is 558 g/mol. The molecule has 214 valence electrons. The second-order valence-electron chi connectivity index (χ2n) is 10.0. The number of para-hydroxylation sites is 1. The van der Waals surface area contributed by atoms with Gasteiger partial charge >= 0.3 is 0 Å². The van der Waals surface area contributed by atoms with Gasteiger partial charge in [0.1, 0.15) is 18.1 Å². The number of nitrogens with one attached hydrogen (secondary N) is 1. The molecule has 2 heterocycles. The van der Waals surface area contributed by atoms with Crippen LogP contribution in [0.5, 0.6) is 11.5 Å². The van der Waals surface area contributed by atoms with Crippen LogP contribution in [-0.2, 0) is 11.4 Å². The first-order valence-corrected chi connectivity index (χ1v) is 14.6. The number of methoxy groups -OCH3 is 1. The molecule has 0 fully saturated rings. The number of aromatic nitrogens is 1. The van der Waals surface area contributed by atoms with Crippen LogP contribution in [0.4, 0.5) is 5.69 Å². The van der Waals surface area contributed by atoms with Crippen molar-refractivity contribution in [1.82, 2.24) is 4.57 Å². The van der Waals surface area contributed by atoms with E-state index in [-0.39, 0.29) is 11.5 Å². The van der Waals surface area contributed by atoms with E-state index < -0.39 is 6.04 Å². The monoisotopic (exact) mass is 587 g/mol. The zero-order valence-electron chi connectivity index (χ0n) is 23.7. The molecule has 43 heavy (non-hydrogen) atoms. The maximum absolute atomic E-state index is 14.0. The lowest BCUT2D eigenvalue weighted by Gasteiger charge is -2.25. The molecule has 6 rings (SSSR count). The quantitative estimate of drug-likeness (QED) is 0.261. The number of hydrogen-bond donors (Lipinski definition) is 1. The lowest BCUT2D eigenvalue weighted by molar-refractivity contribution is -0.113. The van der Waals surface area contributed by atoms with Crippen molar-refractivity contribution < 1.29 is 14.3 Å². The van der Waals surface area contributed by atoms with E-state index in [0.29, 0.717) is 38.6 Å². The molecule has 4 aromatic carbocycles. The van der Waals surface area contributed by atoms with Gasteiger partial charge in [-0.25, -0.2) is 4.99 Å². The van der Waals surface area contributed by atoms with Crippen LogP contribution in [0, 0.1) is 0 Å². The van der Waals surface area contributed by atoms with E-state index in [1.165, 1.54) is 11.3 Å². The minimum Gasteiger partial charge on any atom is -0.497 e. The Bertz CT molecular complexity index is 1960. The largest absolute Gasteiger partial charge is 0.497 e. The number of carbonyl (C=O) groups excluding carboxylic acids is 1. The van der Waals surface area contributed by atoms with Crippen molar-refractivity contribution in [2.24, 2.45) is 4.99 Å². The normalized spacial score (nSPS) is 14.6. The number of allylic oxidation sites excluding steroid dienone is 1. The molecule has 1 amide bonds. The van der Waals surface area contributed by atoms with Gasteiger partial charge in [-0.3, -0.25) is 14.2 Å². The van der Waals surface area contributed by atoms with E-state index in [2.05, 4.69) is 5.32 Å². The van der Waals surface area contributed by atoms with E-state index >= 15 is 0 Å². The Labute approximate surface area is 252 Å². The van der Waals surface area contributed by atoms with Crippen molar-refractivity contribution in [3.05, 3.63) is 157 Å². The molecule has 0 unspecified atom stereocenters. The number of nitrogens with zero attached hydrogens (tertiary/aromatic N) is 2. The summed E-state index contributed by atoms with van der Waals surface area (Å²) in [4.78, 5) is 32.9. The van der Waals surface area contributed by atoms with Crippen LogP contribution in [0.1, 0.15) is 29.7 Å².